The minimum atomic E-state index is -0.375. The Labute approximate surface area is 222 Å². The van der Waals surface area contributed by atoms with E-state index in [4.69, 9.17) is 9.47 Å². The molecule has 0 unspecified atom stereocenters. The quantitative estimate of drug-likeness (QED) is 0.144. The maximum atomic E-state index is 15.4. The van der Waals surface area contributed by atoms with Crippen molar-refractivity contribution in [1.29, 1.82) is 0 Å². The Kier molecular flexibility index (Phi) is 12.2. The van der Waals surface area contributed by atoms with E-state index in [-0.39, 0.29) is 11.8 Å². The number of rotatable bonds is 16. The lowest BCUT2D eigenvalue weighted by molar-refractivity contribution is 0.0497. The zero-order valence-corrected chi connectivity index (χ0v) is 22.4. The molecule has 3 nitrogen and oxygen atoms in total. The van der Waals surface area contributed by atoms with Crippen LogP contribution < -0.4 is 4.74 Å². The molecule has 0 fully saturated rings. The summed E-state index contributed by atoms with van der Waals surface area (Å²) in [7, 11) is 0. The summed E-state index contributed by atoms with van der Waals surface area (Å²) in [6, 6.07) is 20.2. The second kappa shape index (κ2) is 15.9. The summed E-state index contributed by atoms with van der Waals surface area (Å²) in [6.07, 6.45) is 11.2. The van der Waals surface area contributed by atoms with Gasteiger partial charge in [-0.1, -0.05) is 102 Å². The number of hydrogen-bond donors (Lipinski definition) is 0. The Morgan fingerprint density at radius 3 is 2.00 bits per heavy atom. The van der Waals surface area contributed by atoms with Gasteiger partial charge < -0.3 is 9.47 Å². The van der Waals surface area contributed by atoms with E-state index >= 15 is 4.39 Å². The van der Waals surface area contributed by atoms with E-state index in [2.05, 4.69) is 13.8 Å². The van der Waals surface area contributed by atoms with Gasteiger partial charge in [0.2, 0.25) is 0 Å². The van der Waals surface area contributed by atoms with E-state index < -0.39 is 0 Å². The molecule has 0 spiro atoms. The molecule has 3 rings (SSSR count). The molecule has 198 valence electrons. The van der Waals surface area contributed by atoms with Crippen LogP contribution in [0.5, 0.6) is 5.75 Å². The summed E-state index contributed by atoms with van der Waals surface area (Å²) >= 11 is 0. The summed E-state index contributed by atoms with van der Waals surface area (Å²) < 4.78 is 26.7. The van der Waals surface area contributed by atoms with Crippen LogP contribution in [0.4, 0.5) is 4.39 Å². The second-order valence-corrected chi connectivity index (χ2v) is 9.58. The van der Waals surface area contributed by atoms with Crippen molar-refractivity contribution in [3.05, 3.63) is 78.1 Å². The van der Waals surface area contributed by atoms with E-state index in [9.17, 15) is 4.79 Å². The van der Waals surface area contributed by atoms with Crippen LogP contribution in [0.15, 0.2) is 66.7 Å². The molecule has 0 aliphatic rings. The molecule has 0 radical (unpaired) electrons. The van der Waals surface area contributed by atoms with E-state index in [1.807, 2.05) is 36.4 Å². The van der Waals surface area contributed by atoms with Crippen LogP contribution in [0, 0.1) is 5.82 Å². The molecule has 0 aliphatic heterocycles. The third-order valence-electron chi connectivity index (χ3n) is 6.57. The van der Waals surface area contributed by atoms with Crippen LogP contribution >= 0.6 is 0 Å². The SMILES string of the molecule is CCCCCCCOC(=O)c1ccc(-c2ccccc2)c(-c2ccc(OCCCCCCC)cc2F)c1. The summed E-state index contributed by atoms with van der Waals surface area (Å²) in [5.74, 6) is -0.224. The number of halogens is 1. The molecule has 0 saturated heterocycles. The standard InChI is InChI=1S/C33H41FO3/c1-3-5-7-9-14-22-36-28-19-21-30(32(34)25-28)31-24-27(33(35)37-23-15-10-8-6-4-2)18-20-29(31)26-16-12-11-13-17-26/h11-13,16-21,24-25H,3-10,14-15,22-23H2,1-2H3. The first kappa shape index (κ1) is 28.4. The highest BCUT2D eigenvalue weighted by atomic mass is 19.1. The zero-order valence-electron chi connectivity index (χ0n) is 22.4. The predicted molar refractivity (Wildman–Crippen MR) is 151 cm³/mol. The molecular weight excluding hydrogens is 463 g/mol. The van der Waals surface area contributed by atoms with Crippen LogP contribution in [0.3, 0.4) is 0 Å². The Balaban J connectivity index is 1.77. The molecular formula is C33H41FO3. The normalized spacial score (nSPS) is 10.9. The van der Waals surface area contributed by atoms with Crippen molar-refractivity contribution in [2.75, 3.05) is 13.2 Å². The van der Waals surface area contributed by atoms with Gasteiger partial charge in [0.05, 0.1) is 18.8 Å². The highest BCUT2D eigenvalue weighted by Gasteiger charge is 2.17. The van der Waals surface area contributed by atoms with Gasteiger partial charge in [-0.2, -0.15) is 0 Å². The smallest absolute Gasteiger partial charge is 0.338 e. The van der Waals surface area contributed by atoms with Crippen LogP contribution in [-0.2, 0) is 4.74 Å². The molecule has 0 aliphatic carbocycles. The van der Waals surface area contributed by atoms with Gasteiger partial charge in [-0.25, -0.2) is 9.18 Å². The van der Waals surface area contributed by atoms with Gasteiger partial charge in [-0.3, -0.25) is 0 Å². The van der Waals surface area contributed by atoms with E-state index in [1.54, 1.807) is 24.3 Å². The maximum absolute atomic E-state index is 15.4. The lowest BCUT2D eigenvalue weighted by Gasteiger charge is -2.14. The van der Waals surface area contributed by atoms with Crippen molar-refractivity contribution in [3.63, 3.8) is 0 Å². The van der Waals surface area contributed by atoms with Crippen molar-refractivity contribution in [2.45, 2.75) is 78.1 Å². The van der Waals surface area contributed by atoms with Crippen molar-refractivity contribution >= 4 is 5.97 Å². The summed E-state index contributed by atoms with van der Waals surface area (Å²) in [5.41, 5.74) is 3.34. The topological polar surface area (TPSA) is 35.5 Å². The average molecular weight is 505 g/mol. The third-order valence-corrected chi connectivity index (χ3v) is 6.57. The number of unbranched alkanes of at least 4 members (excludes halogenated alkanes) is 8. The lowest BCUT2D eigenvalue weighted by Crippen LogP contribution is -2.07. The largest absolute Gasteiger partial charge is 0.493 e. The first-order valence-electron chi connectivity index (χ1n) is 13.9. The first-order chi connectivity index (χ1) is 18.1. The van der Waals surface area contributed by atoms with Crippen LogP contribution in [0.2, 0.25) is 0 Å². The summed E-state index contributed by atoms with van der Waals surface area (Å²) in [4.78, 5) is 12.8. The van der Waals surface area contributed by atoms with Gasteiger partial charge in [-0.15, -0.1) is 0 Å². The van der Waals surface area contributed by atoms with Crippen molar-refractivity contribution in [1.82, 2.24) is 0 Å². The molecule has 0 bridgehead atoms. The molecule has 37 heavy (non-hydrogen) atoms. The number of carbonyl (C=O) groups is 1. The van der Waals surface area contributed by atoms with Crippen LogP contribution in [0.1, 0.15) is 88.4 Å². The lowest BCUT2D eigenvalue weighted by atomic mass is 9.92. The second-order valence-electron chi connectivity index (χ2n) is 9.58. The van der Waals surface area contributed by atoms with Gasteiger partial charge in [0.15, 0.2) is 0 Å². The van der Waals surface area contributed by atoms with Crippen molar-refractivity contribution in [2.24, 2.45) is 0 Å². The minimum absolute atomic E-state index is 0.373. The maximum Gasteiger partial charge on any atom is 0.338 e. The zero-order chi connectivity index (χ0) is 26.3. The van der Waals surface area contributed by atoms with Gasteiger partial charge in [0.1, 0.15) is 11.6 Å². The van der Waals surface area contributed by atoms with Gasteiger partial charge in [0, 0.05) is 11.6 Å². The number of ether oxygens (including phenoxy) is 2. The Bertz CT molecular complexity index is 1090. The van der Waals surface area contributed by atoms with Gasteiger partial charge in [0.25, 0.3) is 0 Å². The molecule has 4 heteroatoms. The Morgan fingerprint density at radius 1 is 0.676 bits per heavy atom. The molecule has 0 saturated carbocycles. The summed E-state index contributed by atoms with van der Waals surface area (Å²) in [6.45, 7) is 5.35. The molecule has 0 atom stereocenters. The fourth-order valence-corrected chi connectivity index (χ4v) is 4.42. The molecule has 0 aromatic heterocycles. The van der Waals surface area contributed by atoms with Gasteiger partial charge >= 0.3 is 5.97 Å². The predicted octanol–water partition coefficient (Wildman–Crippen LogP) is 9.64. The molecule has 0 heterocycles. The van der Waals surface area contributed by atoms with Crippen molar-refractivity contribution < 1.29 is 18.7 Å². The van der Waals surface area contributed by atoms with Crippen LogP contribution in [-0.4, -0.2) is 19.2 Å². The Hall–Kier alpha value is -3.14. The highest BCUT2D eigenvalue weighted by Crippen LogP contribution is 2.36. The van der Waals surface area contributed by atoms with E-state index in [0.29, 0.717) is 35.7 Å². The monoisotopic (exact) mass is 504 g/mol. The number of benzene rings is 3. The third kappa shape index (κ3) is 9.03. The molecule has 0 amide bonds. The Morgan fingerprint density at radius 2 is 1.32 bits per heavy atom. The number of esters is 1. The molecule has 0 N–H and O–H groups in total. The number of carbonyl (C=O) groups excluding carboxylic acids is 1. The highest BCUT2D eigenvalue weighted by molar-refractivity contribution is 5.94. The van der Waals surface area contributed by atoms with Crippen LogP contribution in [0.25, 0.3) is 22.3 Å². The minimum Gasteiger partial charge on any atom is -0.493 e. The van der Waals surface area contributed by atoms with Crippen molar-refractivity contribution in [3.8, 4) is 28.0 Å². The van der Waals surface area contributed by atoms with E-state index in [1.165, 1.54) is 38.2 Å². The fourth-order valence-electron chi connectivity index (χ4n) is 4.42. The van der Waals surface area contributed by atoms with Gasteiger partial charge in [-0.05, 0) is 53.8 Å². The number of hydrogen-bond acceptors (Lipinski definition) is 3. The average Bonchev–Trinajstić information content (AvgIpc) is 2.92. The summed E-state index contributed by atoms with van der Waals surface area (Å²) in [5, 5.41) is 0. The first-order valence-corrected chi connectivity index (χ1v) is 13.9. The molecule has 3 aromatic rings. The fraction of sp³-hybridized carbons (Fsp3) is 0.424. The van der Waals surface area contributed by atoms with E-state index in [0.717, 1.165) is 43.2 Å². The molecule has 3 aromatic carbocycles.